The Morgan fingerprint density at radius 2 is 1.96 bits per heavy atom. The summed E-state index contributed by atoms with van der Waals surface area (Å²) < 4.78 is 5.10. The second-order valence-electron chi connectivity index (χ2n) is 5.47. The molecule has 2 aromatic carbocycles. The summed E-state index contributed by atoms with van der Waals surface area (Å²) >= 11 is 11.9. The quantitative estimate of drug-likeness (QED) is 0.752. The number of nitrogens with zero attached hydrogens (tertiary/aromatic N) is 1. The van der Waals surface area contributed by atoms with Gasteiger partial charge in [-0.2, -0.15) is 0 Å². The van der Waals surface area contributed by atoms with E-state index in [4.69, 9.17) is 27.9 Å². The third-order valence-corrected chi connectivity index (χ3v) is 4.04. The molecular formula is C19H18Cl2N2O3. The Hall–Kier alpha value is -2.50. The zero-order valence-corrected chi connectivity index (χ0v) is 15.8. The molecule has 0 aliphatic rings. The molecule has 0 atom stereocenters. The molecule has 0 aliphatic carbocycles. The largest absolute Gasteiger partial charge is 0.497 e. The van der Waals surface area contributed by atoms with Gasteiger partial charge in [0.25, 0.3) is 0 Å². The fourth-order valence-corrected chi connectivity index (χ4v) is 2.59. The maximum Gasteiger partial charge on any atom is 0.246 e. The van der Waals surface area contributed by atoms with E-state index < -0.39 is 0 Å². The lowest BCUT2D eigenvalue weighted by Gasteiger charge is -2.15. The topological polar surface area (TPSA) is 58.6 Å². The van der Waals surface area contributed by atoms with E-state index in [9.17, 15) is 9.59 Å². The number of nitrogens with one attached hydrogen (secondary N) is 1. The van der Waals surface area contributed by atoms with Gasteiger partial charge < -0.3 is 15.0 Å². The van der Waals surface area contributed by atoms with Gasteiger partial charge in [0.1, 0.15) is 5.75 Å². The molecule has 136 valence electrons. The Labute approximate surface area is 162 Å². The van der Waals surface area contributed by atoms with Crippen LogP contribution in [0.2, 0.25) is 10.0 Å². The molecule has 2 amide bonds. The number of anilines is 1. The van der Waals surface area contributed by atoms with Crippen molar-refractivity contribution >= 4 is 46.8 Å². The van der Waals surface area contributed by atoms with E-state index in [1.807, 2.05) is 0 Å². The Morgan fingerprint density at radius 1 is 1.19 bits per heavy atom. The molecule has 0 spiro atoms. The van der Waals surface area contributed by atoms with Gasteiger partial charge in [-0.05, 0) is 35.9 Å². The predicted molar refractivity (Wildman–Crippen MR) is 105 cm³/mol. The van der Waals surface area contributed by atoms with Crippen LogP contribution in [0.4, 0.5) is 5.69 Å². The van der Waals surface area contributed by atoms with Crippen LogP contribution in [0.25, 0.3) is 6.08 Å². The van der Waals surface area contributed by atoms with Crippen LogP contribution in [0.15, 0.2) is 48.5 Å². The summed E-state index contributed by atoms with van der Waals surface area (Å²) in [5.74, 6) is -0.00107. The molecular weight excluding hydrogens is 375 g/mol. The molecule has 0 fully saturated rings. The molecule has 5 nitrogen and oxygen atoms in total. The number of amides is 2. The number of methoxy groups -OCH3 is 1. The van der Waals surface area contributed by atoms with Gasteiger partial charge in [-0.15, -0.1) is 0 Å². The first kappa shape index (κ1) is 19.8. The lowest BCUT2D eigenvalue weighted by Crippen LogP contribution is -2.33. The molecule has 0 bridgehead atoms. The highest BCUT2D eigenvalue weighted by atomic mass is 35.5. The van der Waals surface area contributed by atoms with Crippen LogP contribution in [0, 0.1) is 0 Å². The highest BCUT2D eigenvalue weighted by molar-refractivity contribution is 6.35. The van der Waals surface area contributed by atoms with E-state index >= 15 is 0 Å². The molecule has 2 aromatic rings. The first-order valence-corrected chi connectivity index (χ1v) is 8.47. The highest BCUT2D eigenvalue weighted by Gasteiger charge is 2.11. The lowest BCUT2D eigenvalue weighted by molar-refractivity contribution is -0.129. The van der Waals surface area contributed by atoms with E-state index in [0.717, 1.165) is 0 Å². The number of halogens is 2. The van der Waals surface area contributed by atoms with Gasteiger partial charge in [-0.1, -0.05) is 35.3 Å². The number of ether oxygens (including phenoxy) is 1. The van der Waals surface area contributed by atoms with Crippen LogP contribution in [-0.2, 0) is 9.59 Å². The molecule has 26 heavy (non-hydrogen) atoms. The van der Waals surface area contributed by atoms with Crippen LogP contribution < -0.4 is 10.1 Å². The van der Waals surface area contributed by atoms with Gasteiger partial charge >= 0.3 is 0 Å². The predicted octanol–water partition coefficient (Wildman–Crippen LogP) is 4.11. The molecule has 0 aliphatic heterocycles. The van der Waals surface area contributed by atoms with Gasteiger partial charge in [-0.3, -0.25) is 9.59 Å². The number of hydrogen-bond donors (Lipinski definition) is 1. The molecule has 0 saturated heterocycles. The van der Waals surface area contributed by atoms with Crippen LogP contribution in [0.5, 0.6) is 5.75 Å². The fraction of sp³-hybridized carbons (Fsp3) is 0.158. The molecule has 0 unspecified atom stereocenters. The third-order valence-electron chi connectivity index (χ3n) is 3.48. The molecule has 0 radical (unpaired) electrons. The average molecular weight is 393 g/mol. The van der Waals surface area contributed by atoms with Crippen molar-refractivity contribution in [1.82, 2.24) is 4.90 Å². The summed E-state index contributed by atoms with van der Waals surface area (Å²) in [7, 11) is 3.09. The van der Waals surface area contributed by atoms with Gasteiger partial charge in [0.2, 0.25) is 11.8 Å². The standard InChI is InChI=1S/C19H18Cl2N2O3/c1-23(12-18(24)22-15-4-3-5-16(11-15)26-2)19(25)9-7-13-6-8-14(20)10-17(13)21/h3-11H,12H2,1-2H3,(H,22,24). The van der Waals surface area contributed by atoms with Gasteiger partial charge in [0.15, 0.2) is 0 Å². The molecule has 0 heterocycles. The fourth-order valence-electron chi connectivity index (χ4n) is 2.12. The second-order valence-corrected chi connectivity index (χ2v) is 6.32. The monoisotopic (exact) mass is 392 g/mol. The summed E-state index contributed by atoms with van der Waals surface area (Å²) in [6.45, 7) is -0.0886. The van der Waals surface area contributed by atoms with Gasteiger partial charge in [-0.25, -0.2) is 0 Å². The van der Waals surface area contributed by atoms with Crippen molar-refractivity contribution < 1.29 is 14.3 Å². The number of hydrogen-bond acceptors (Lipinski definition) is 3. The summed E-state index contributed by atoms with van der Waals surface area (Å²) in [4.78, 5) is 25.5. The Bertz CT molecular complexity index is 837. The molecule has 7 heteroatoms. The van der Waals surface area contributed by atoms with Crippen LogP contribution in [0.1, 0.15) is 5.56 Å². The normalized spacial score (nSPS) is 10.6. The summed E-state index contributed by atoms with van der Waals surface area (Å²) in [5.41, 5.74) is 1.26. The van der Waals surface area contributed by atoms with Crippen LogP contribution in [0.3, 0.4) is 0 Å². The summed E-state index contributed by atoms with van der Waals surface area (Å²) in [6.07, 6.45) is 2.94. The van der Waals surface area contributed by atoms with E-state index in [1.165, 1.54) is 11.0 Å². The Morgan fingerprint density at radius 3 is 2.65 bits per heavy atom. The van der Waals surface area contributed by atoms with Crippen molar-refractivity contribution in [2.45, 2.75) is 0 Å². The lowest BCUT2D eigenvalue weighted by atomic mass is 10.2. The maximum atomic E-state index is 12.2. The SMILES string of the molecule is COc1cccc(NC(=O)CN(C)C(=O)C=Cc2ccc(Cl)cc2Cl)c1. The van der Waals surface area contributed by atoms with Crippen LogP contribution >= 0.6 is 23.2 Å². The number of carbonyl (C=O) groups is 2. The van der Waals surface area contributed by atoms with Crippen molar-refractivity contribution in [3.8, 4) is 5.75 Å². The first-order valence-electron chi connectivity index (χ1n) is 7.71. The molecule has 0 aromatic heterocycles. The van der Waals surface area contributed by atoms with E-state index in [-0.39, 0.29) is 18.4 Å². The Kier molecular flexibility index (Phi) is 7.06. The Balaban J connectivity index is 1.93. The van der Waals surface area contributed by atoms with E-state index in [1.54, 1.807) is 62.7 Å². The van der Waals surface area contributed by atoms with Gasteiger partial charge in [0.05, 0.1) is 13.7 Å². The van der Waals surface area contributed by atoms with Crippen molar-refractivity contribution in [1.29, 1.82) is 0 Å². The van der Waals surface area contributed by atoms with Crippen molar-refractivity contribution in [3.63, 3.8) is 0 Å². The molecule has 2 rings (SSSR count). The van der Waals surface area contributed by atoms with E-state index in [2.05, 4.69) is 5.32 Å². The summed E-state index contributed by atoms with van der Waals surface area (Å²) in [6, 6.07) is 12.0. The van der Waals surface area contributed by atoms with E-state index in [0.29, 0.717) is 27.0 Å². The first-order chi connectivity index (χ1) is 12.4. The van der Waals surface area contributed by atoms with Crippen molar-refractivity contribution in [3.05, 3.63) is 64.1 Å². The number of carbonyl (C=O) groups excluding carboxylic acids is 2. The molecule has 0 saturated carbocycles. The third kappa shape index (κ3) is 5.79. The zero-order chi connectivity index (χ0) is 19.1. The minimum atomic E-state index is -0.322. The average Bonchev–Trinajstić information content (AvgIpc) is 2.60. The minimum absolute atomic E-state index is 0.0886. The highest BCUT2D eigenvalue weighted by Crippen LogP contribution is 2.22. The van der Waals surface area contributed by atoms with Crippen molar-refractivity contribution in [2.75, 3.05) is 26.0 Å². The smallest absolute Gasteiger partial charge is 0.246 e. The minimum Gasteiger partial charge on any atom is -0.497 e. The molecule has 1 N–H and O–H groups in total. The zero-order valence-electron chi connectivity index (χ0n) is 14.3. The second kappa shape index (κ2) is 9.27. The number of likely N-dealkylation sites (N-methyl/N-ethyl adjacent to an activating group) is 1. The van der Waals surface area contributed by atoms with Gasteiger partial charge in [0, 0.05) is 34.9 Å². The maximum absolute atomic E-state index is 12.2. The summed E-state index contributed by atoms with van der Waals surface area (Å²) in [5, 5.41) is 3.68. The number of rotatable bonds is 6. The van der Waals surface area contributed by atoms with Crippen molar-refractivity contribution in [2.24, 2.45) is 0 Å². The number of benzene rings is 2. The van der Waals surface area contributed by atoms with Crippen LogP contribution in [-0.4, -0.2) is 37.4 Å².